The second-order valence-electron chi connectivity index (χ2n) is 11.5. The van der Waals surface area contributed by atoms with Crippen LogP contribution in [0.4, 0.5) is 0 Å². The summed E-state index contributed by atoms with van der Waals surface area (Å²) >= 11 is 0. The van der Waals surface area contributed by atoms with Gasteiger partial charge in [0.25, 0.3) is 0 Å². The lowest BCUT2D eigenvalue weighted by atomic mass is 9.89. The number of esters is 1. The predicted molar refractivity (Wildman–Crippen MR) is 164 cm³/mol. The van der Waals surface area contributed by atoms with E-state index in [0.717, 1.165) is 28.2 Å². The highest BCUT2D eigenvalue weighted by molar-refractivity contribution is 5.70. The zero-order chi connectivity index (χ0) is 30.6. The minimum Gasteiger partial charge on any atom is -0.497 e. The Kier molecular flexibility index (Phi) is 13.1. The molecule has 0 amide bonds. The fraction of sp³-hybridized carbons (Fsp3) is 0.514. The van der Waals surface area contributed by atoms with Crippen molar-refractivity contribution in [3.05, 3.63) is 83.5 Å². The number of hydrogen-bond acceptors (Lipinski definition) is 7. The SMILES string of the molecule is COc1ccc(CO[C@@H](C/C=C(\C)[C@H](O)[C@@H](C)[C@@H]2C=C[C@H](C)[C@H](OCc3ccc(OC)cc3)CC(=O)O2)C(C)C)cc1. The Morgan fingerprint density at radius 3 is 2.07 bits per heavy atom. The number of hydrogen-bond donors (Lipinski definition) is 1. The number of aliphatic hydroxyl groups is 1. The maximum absolute atomic E-state index is 12.8. The average molecular weight is 581 g/mol. The molecule has 3 rings (SSSR count). The van der Waals surface area contributed by atoms with E-state index in [2.05, 4.69) is 13.8 Å². The number of aliphatic hydroxyl groups excluding tert-OH is 1. The number of carbonyl (C=O) groups is 1. The van der Waals surface area contributed by atoms with Gasteiger partial charge in [0.2, 0.25) is 0 Å². The standard InChI is InChI=1S/C35H48O7/c1-23(2)31(40-21-27-10-14-29(38-6)15-11-27)18-9-25(4)35(37)26(5)32-19-8-24(3)33(20-34(36)42-32)41-22-28-12-16-30(39-7)17-13-28/h8-17,19,23-24,26,31-33,35,37H,18,20-22H2,1-7H3/b19-8?,25-9+/t24-,26-,31-,32-,33+,35-/m0/s1. The molecule has 0 radical (unpaired) electrons. The van der Waals surface area contributed by atoms with Gasteiger partial charge in [0.1, 0.15) is 17.6 Å². The summed E-state index contributed by atoms with van der Waals surface area (Å²) in [6.07, 6.45) is 5.18. The summed E-state index contributed by atoms with van der Waals surface area (Å²) in [6, 6.07) is 15.5. The molecule has 0 aromatic heterocycles. The number of methoxy groups -OCH3 is 2. The summed E-state index contributed by atoms with van der Waals surface area (Å²) in [6.45, 7) is 11.0. The van der Waals surface area contributed by atoms with E-state index in [1.54, 1.807) is 14.2 Å². The van der Waals surface area contributed by atoms with Crippen molar-refractivity contribution in [1.29, 1.82) is 0 Å². The molecule has 0 unspecified atom stereocenters. The highest BCUT2D eigenvalue weighted by atomic mass is 16.5. The Labute approximate surface area is 251 Å². The molecular weight excluding hydrogens is 532 g/mol. The van der Waals surface area contributed by atoms with E-state index in [9.17, 15) is 9.90 Å². The molecule has 230 valence electrons. The van der Waals surface area contributed by atoms with E-state index in [4.69, 9.17) is 23.7 Å². The van der Waals surface area contributed by atoms with E-state index in [-0.39, 0.29) is 36.4 Å². The molecule has 0 spiro atoms. The lowest BCUT2D eigenvalue weighted by molar-refractivity contribution is -0.155. The number of benzene rings is 2. The first-order valence-corrected chi connectivity index (χ1v) is 14.8. The number of rotatable bonds is 14. The first-order valence-electron chi connectivity index (χ1n) is 14.8. The topological polar surface area (TPSA) is 83.5 Å². The Hall–Kier alpha value is -3.13. The molecule has 42 heavy (non-hydrogen) atoms. The zero-order valence-electron chi connectivity index (χ0n) is 26.1. The maximum atomic E-state index is 12.8. The first kappa shape index (κ1) is 33.4. The van der Waals surface area contributed by atoms with Gasteiger partial charge in [0, 0.05) is 11.8 Å². The van der Waals surface area contributed by atoms with Gasteiger partial charge in [-0.2, -0.15) is 0 Å². The van der Waals surface area contributed by atoms with Gasteiger partial charge in [-0.15, -0.1) is 0 Å². The molecule has 1 heterocycles. The second kappa shape index (κ2) is 16.5. The van der Waals surface area contributed by atoms with Crippen molar-refractivity contribution in [2.75, 3.05) is 14.2 Å². The van der Waals surface area contributed by atoms with Crippen LogP contribution in [0.2, 0.25) is 0 Å². The van der Waals surface area contributed by atoms with Gasteiger partial charge in [-0.05, 0) is 66.3 Å². The van der Waals surface area contributed by atoms with Gasteiger partial charge in [-0.1, -0.05) is 64.1 Å². The highest BCUT2D eigenvalue weighted by Gasteiger charge is 2.31. The van der Waals surface area contributed by atoms with Crippen LogP contribution in [0, 0.1) is 17.8 Å². The zero-order valence-corrected chi connectivity index (χ0v) is 26.1. The van der Waals surface area contributed by atoms with Crippen molar-refractivity contribution < 1.29 is 33.6 Å². The molecule has 2 aromatic rings. The fourth-order valence-electron chi connectivity index (χ4n) is 4.89. The van der Waals surface area contributed by atoms with Gasteiger partial charge in [0.15, 0.2) is 0 Å². The molecule has 2 aromatic carbocycles. The van der Waals surface area contributed by atoms with Crippen LogP contribution in [-0.4, -0.2) is 49.7 Å². The molecule has 0 saturated carbocycles. The molecule has 7 nitrogen and oxygen atoms in total. The van der Waals surface area contributed by atoms with Crippen molar-refractivity contribution in [3.8, 4) is 11.5 Å². The van der Waals surface area contributed by atoms with Gasteiger partial charge in [-0.25, -0.2) is 0 Å². The van der Waals surface area contributed by atoms with Crippen molar-refractivity contribution in [2.45, 2.75) is 85.1 Å². The van der Waals surface area contributed by atoms with Gasteiger partial charge in [0.05, 0.1) is 52.2 Å². The smallest absolute Gasteiger partial charge is 0.309 e. The first-order chi connectivity index (χ1) is 20.1. The third-order valence-corrected chi connectivity index (χ3v) is 7.97. The van der Waals surface area contributed by atoms with Crippen molar-refractivity contribution in [1.82, 2.24) is 0 Å². The molecule has 0 saturated heterocycles. The van der Waals surface area contributed by atoms with Gasteiger partial charge in [-0.3, -0.25) is 4.79 Å². The largest absolute Gasteiger partial charge is 0.497 e. The van der Waals surface area contributed by atoms with Crippen LogP contribution in [0.1, 0.15) is 58.6 Å². The molecule has 6 atom stereocenters. The van der Waals surface area contributed by atoms with E-state index in [1.807, 2.05) is 87.5 Å². The van der Waals surface area contributed by atoms with Crippen LogP contribution >= 0.6 is 0 Å². The Bertz CT molecular complexity index is 1150. The minimum absolute atomic E-state index is 0.000581. The number of carbonyl (C=O) groups excluding carboxylic acids is 1. The average Bonchev–Trinajstić information content (AvgIpc) is 2.99. The number of ether oxygens (including phenoxy) is 5. The van der Waals surface area contributed by atoms with E-state index >= 15 is 0 Å². The van der Waals surface area contributed by atoms with Crippen LogP contribution in [-0.2, 0) is 32.2 Å². The molecule has 1 aliphatic heterocycles. The minimum atomic E-state index is -0.765. The third-order valence-electron chi connectivity index (χ3n) is 7.97. The monoisotopic (exact) mass is 580 g/mol. The van der Waals surface area contributed by atoms with Crippen molar-refractivity contribution in [2.24, 2.45) is 17.8 Å². The molecule has 0 aliphatic carbocycles. The maximum Gasteiger partial charge on any atom is 0.309 e. The van der Waals surface area contributed by atoms with Crippen molar-refractivity contribution >= 4 is 5.97 Å². The number of cyclic esters (lactones) is 1. The molecule has 0 bridgehead atoms. The molecule has 1 aliphatic rings. The normalized spacial score (nSPS) is 21.7. The Morgan fingerprint density at radius 2 is 1.52 bits per heavy atom. The molecule has 7 heteroatoms. The summed E-state index contributed by atoms with van der Waals surface area (Å²) in [5.41, 5.74) is 2.92. The van der Waals surface area contributed by atoms with E-state index in [1.165, 1.54) is 0 Å². The van der Waals surface area contributed by atoms with Crippen LogP contribution in [0.15, 0.2) is 72.3 Å². The molecular formula is C35H48O7. The van der Waals surface area contributed by atoms with Crippen LogP contribution in [0.3, 0.4) is 0 Å². The summed E-state index contributed by atoms with van der Waals surface area (Å²) in [4.78, 5) is 12.8. The third kappa shape index (κ3) is 10.0. The Balaban J connectivity index is 1.56. The quantitative estimate of drug-likeness (QED) is 0.197. The predicted octanol–water partition coefficient (Wildman–Crippen LogP) is 6.67. The van der Waals surface area contributed by atoms with Crippen LogP contribution in [0.25, 0.3) is 0 Å². The fourth-order valence-corrected chi connectivity index (χ4v) is 4.89. The summed E-state index contributed by atoms with van der Waals surface area (Å²) < 4.78 is 28.6. The van der Waals surface area contributed by atoms with E-state index < -0.39 is 12.2 Å². The van der Waals surface area contributed by atoms with Crippen LogP contribution in [0.5, 0.6) is 11.5 Å². The summed E-state index contributed by atoms with van der Waals surface area (Å²) in [5, 5.41) is 11.2. The van der Waals surface area contributed by atoms with Crippen molar-refractivity contribution in [3.63, 3.8) is 0 Å². The van der Waals surface area contributed by atoms with Crippen LogP contribution < -0.4 is 9.47 Å². The Morgan fingerprint density at radius 1 is 0.952 bits per heavy atom. The van der Waals surface area contributed by atoms with Gasteiger partial charge >= 0.3 is 5.97 Å². The highest BCUT2D eigenvalue weighted by Crippen LogP contribution is 2.26. The van der Waals surface area contributed by atoms with E-state index in [0.29, 0.717) is 25.6 Å². The lowest BCUT2D eigenvalue weighted by Crippen LogP contribution is -2.36. The second-order valence-corrected chi connectivity index (χ2v) is 11.5. The molecule has 0 fully saturated rings. The summed E-state index contributed by atoms with van der Waals surface area (Å²) in [5.74, 6) is 1.27. The van der Waals surface area contributed by atoms with Gasteiger partial charge < -0.3 is 28.8 Å². The lowest BCUT2D eigenvalue weighted by Gasteiger charge is -2.30. The molecule has 1 N–H and O–H groups in total. The summed E-state index contributed by atoms with van der Waals surface area (Å²) in [7, 11) is 3.28.